The Labute approximate surface area is 176 Å². The summed E-state index contributed by atoms with van der Waals surface area (Å²) in [6.45, 7) is 1.17. The number of piperidine rings is 1. The average molecular weight is 431 g/mol. The third kappa shape index (κ3) is 4.06. The number of rotatable bonds is 3. The van der Waals surface area contributed by atoms with Gasteiger partial charge in [0.25, 0.3) is 5.56 Å². The molecule has 4 rings (SSSR count). The normalized spacial score (nSPS) is 14.7. The molecule has 30 heavy (non-hydrogen) atoms. The highest BCUT2D eigenvalue weighted by molar-refractivity contribution is 6.31. The van der Waals surface area contributed by atoms with Crippen LogP contribution in [0.1, 0.15) is 12.8 Å². The number of amides is 2. The summed E-state index contributed by atoms with van der Waals surface area (Å²) in [5, 5.41) is 5.50. The molecule has 2 aromatic heterocycles. The van der Waals surface area contributed by atoms with Gasteiger partial charge in [0.15, 0.2) is 11.5 Å². The number of nitrogens with zero attached hydrogens (tertiary/aromatic N) is 4. The van der Waals surface area contributed by atoms with Crippen LogP contribution in [-0.4, -0.2) is 39.7 Å². The highest BCUT2D eigenvalue weighted by atomic mass is 35.5. The second kappa shape index (κ2) is 8.27. The van der Waals surface area contributed by atoms with Crippen LogP contribution in [-0.2, 0) is 7.05 Å². The molecule has 8 nitrogen and oxygen atoms in total. The number of urea groups is 1. The van der Waals surface area contributed by atoms with E-state index in [9.17, 15) is 14.0 Å². The molecular weight excluding hydrogens is 411 g/mol. The standard InChI is InChI=1S/C20H20ClFN6O2/c1-27-17-16(3-2-8-23-17)26-18(19(27)29)28-9-6-12(7-10-28)24-20(30)25-13-4-5-15(22)14(21)11-13/h2-5,8,11-12H,6-7,9-10H2,1H3,(H2,24,25,30). The van der Waals surface area contributed by atoms with Crippen LogP contribution in [0.5, 0.6) is 0 Å². The monoisotopic (exact) mass is 430 g/mol. The van der Waals surface area contributed by atoms with E-state index in [0.29, 0.717) is 48.6 Å². The van der Waals surface area contributed by atoms with Crippen molar-refractivity contribution >= 4 is 40.3 Å². The van der Waals surface area contributed by atoms with Crippen molar-refractivity contribution in [1.29, 1.82) is 0 Å². The Balaban J connectivity index is 1.39. The van der Waals surface area contributed by atoms with Crippen molar-refractivity contribution in [1.82, 2.24) is 19.9 Å². The van der Waals surface area contributed by atoms with E-state index in [0.717, 1.165) is 0 Å². The van der Waals surface area contributed by atoms with E-state index < -0.39 is 5.82 Å². The van der Waals surface area contributed by atoms with Crippen LogP contribution in [0, 0.1) is 5.82 Å². The summed E-state index contributed by atoms with van der Waals surface area (Å²) in [6.07, 6.45) is 2.95. The number of aryl methyl sites for hydroxylation is 1. The molecule has 0 saturated carbocycles. The first kappa shape index (κ1) is 20.1. The number of carbonyl (C=O) groups excluding carboxylic acids is 1. The molecule has 3 heterocycles. The predicted molar refractivity (Wildman–Crippen MR) is 114 cm³/mol. The summed E-state index contributed by atoms with van der Waals surface area (Å²) in [7, 11) is 1.68. The zero-order valence-corrected chi connectivity index (χ0v) is 17.0. The molecule has 1 aromatic carbocycles. The van der Waals surface area contributed by atoms with E-state index in [1.165, 1.54) is 22.8 Å². The minimum Gasteiger partial charge on any atom is -0.352 e. The summed E-state index contributed by atoms with van der Waals surface area (Å²) < 4.78 is 14.7. The molecular formula is C20H20ClFN6O2. The van der Waals surface area contributed by atoms with Crippen molar-refractivity contribution in [3.63, 3.8) is 0 Å². The SMILES string of the molecule is Cn1c(=O)c(N2CCC(NC(=O)Nc3ccc(F)c(Cl)c3)CC2)nc2cccnc21. The van der Waals surface area contributed by atoms with Gasteiger partial charge in [0.2, 0.25) is 0 Å². The number of hydrogen-bond acceptors (Lipinski definition) is 5. The van der Waals surface area contributed by atoms with Crippen molar-refractivity contribution in [2.45, 2.75) is 18.9 Å². The van der Waals surface area contributed by atoms with Gasteiger partial charge >= 0.3 is 6.03 Å². The quantitative estimate of drug-likeness (QED) is 0.666. The Bertz CT molecular complexity index is 1160. The number of benzene rings is 1. The first-order valence-corrected chi connectivity index (χ1v) is 9.89. The van der Waals surface area contributed by atoms with E-state index in [1.54, 1.807) is 19.3 Å². The van der Waals surface area contributed by atoms with Crippen molar-refractivity contribution < 1.29 is 9.18 Å². The summed E-state index contributed by atoms with van der Waals surface area (Å²) in [6, 6.07) is 7.17. The van der Waals surface area contributed by atoms with Crippen LogP contribution in [0.15, 0.2) is 41.3 Å². The molecule has 3 aromatic rings. The third-order valence-electron chi connectivity index (χ3n) is 5.11. The topological polar surface area (TPSA) is 92.2 Å². The van der Waals surface area contributed by atoms with Gasteiger partial charge in [0.05, 0.1) is 5.02 Å². The van der Waals surface area contributed by atoms with E-state index >= 15 is 0 Å². The molecule has 0 atom stereocenters. The van der Waals surface area contributed by atoms with Gasteiger partial charge in [-0.15, -0.1) is 0 Å². The summed E-state index contributed by atoms with van der Waals surface area (Å²) >= 11 is 5.73. The number of pyridine rings is 1. The number of nitrogens with one attached hydrogen (secondary N) is 2. The van der Waals surface area contributed by atoms with Gasteiger partial charge in [-0.1, -0.05) is 11.6 Å². The minimum atomic E-state index is -0.542. The highest BCUT2D eigenvalue weighted by Crippen LogP contribution is 2.20. The number of halogens is 2. The maximum absolute atomic E-state index is 13.2. The van der Waals surface area contributed by atoms with Crippen LogP contribution in [0.3, 0.4) is 0 Å². The zero-order chi connectivity index (χ0) is 21.3. The molecule has 156 valence electrons. The first-order valence-electron chi connectivity index (χ1n) is 9.51. The van der Waals surface area contributed by atoms with Crippen molar-refractivity contribution in [2.75, 3.05) is 23.3 Å². The zero-order valence-electron chi connectivity index (χ0n) is 16.2. The van der Waals surface area contributed by atoms with E-state index in [4.69, 9.17) is 11.6 Å². The lowest BCUT2D eigenvalue weighted by atomic mass is 10.1. The van der Waals surface area contributed by atoms with Crippen molar-refractivity contribution in [2.24, 2.45) is 7.05 Å². The molecule has 1 aliphatic heterocycles. The summed E-state index contributed by atoms with van der Waals surface area (Å²) in [4.78, 5) is 35.6. The van der Waals surface area contributed by atoms with Crippen LogP contribution in [0.4, 0.5) is 20.7 Å². The molecule has 0 bridgehead atoms. The molecule has 10 heteroatoms. The van der Waals surface area contributed by atoms with Gasteiger partial charge in [0.1, 0.15) is 11.3 Å². The van der Waals surface area contributed by atoms with Gasteiger partial charge < -0.3 is 15.5 Å². The highest BCUT2D eigenvalue weighted by Gasteiger charge is 2.24. The van der Waals surface area contributed by atoms with Crippen LogP contribution >= 0.6 is 11.6 Å². The Morgan fingerprint density at radius 2 is 2.03 bits per heavy atom. The van der Waals surface area contributed by atoms with Crippen LogP contribution in [0.25, 0.3) is 11.2 Å². The van der Waals surface area contributed by atoms with Crippen LogP contribution < -0.4 is 21.1 Å². The van der Waals surface area contributed by atoms with Gasteiger partial charge in [-0.2, -0.15) is 0 Å². The lowest BCUT2D eigenvalue weighted by molar-refractivity contribution is 0.246. The molecule has 0 radical (unpaired) electrons. The van der Waals surface area contributed by atoms with E-state index in [2.05, 4.69) is 20.6 Å². The number of fused-ring (bicyclic) bond motifs is 1. The fourth-order valence-electron chi connectivity index (χ4n) is 3.51. The second-order valence-electron chi connectivity index (χ2n) is 7.13. The fourth-order valence-corrected chi connectivity index (χ4v) is 3.69. The fraction of sp³-hybridized carbons (Fsp3) is 0.300. The molecule has 2 N–H and O–H groups in total. The predicted octanol–water partition coefficient (Wildman–Crippen LogP) is 2.91. The van der Waals surface area contributed by atoms with Crippen molar-refractivity contribution in [3.05, 3.63) is 57.7 Å². The average Bonchev–Trinajstić information content (AvgIpc) is 2.74. The molecule has 2 amide bonds. The Morgan fingerprint density at radius 1 is 1.27 bits per heavy atom. The lowest BCUT2D eigenvalue weighted by Gasteiger charge is -2.32. The Kier molecular flexibility index (Phi) is 5.54. The van der Waals surface area contributed by atoms with Crippen molar-refractivity contribution in [3.8, 4) is 0 Å². The number of hydrogen-bond donors (Lipinski definition) is 2. The first-order chi connectivity index (χ1) is 14.4. The van der Waals surface area contributed by atoms with E-state index in [-0.39, 0.29) is 22.7 Å². The Morgan fingerprint density at radius 3 is 2.77 bits per heavy atom. The van der Waals surface area contributed by atoms with Gasteiger partial charge in [-0.3, -0.25) is 9.36 Å². The molecule has 0 unspecified atom stereocenters. The largest absolute Gasteiger partial charge is 0.352 e. The lowest BCUT2D eigenvalue weighted by Crippen LogP contribution is -2.47. The molecule has 1 aliphatic rings. The molecule has 1 saturated heterocycles. The summed E-state index contributed by atoms with van der Waals surface area (Å²) in [5.74, 6) is -0.152. The smallest absolute Gasteiger partial charge is 0.319 e. The van der Waals surface area contributed by atoms with E-state index in [1.807, 2.05) is 11.0 Å². The molecule has 0 spiro atoms. The number of anilines is 2. The second-order valence-corrected chi connectivity index (χ2v) is 7.54. The maximum atomic E-state index is 13.2. The van der Waals surface area contributed by atoms with Gasteiger partial charge in [-0.25, -0.2) is 19.2 Å². The Hall–Kier alpha value is -3.20. The molecule has 0 aliphatic carbocycles. The minimum absolute atomic E-state index is 0.0526. The third-order valence-corrected chi connectivity index (χ3v) is 5.40. The molecule has 1 fully saturated rings. The van der Waals surface area contributed by atoms with Gasteiger partial charge in [0, 0.05) is 38.1 Å². The van der Waals surface area contributed by atoms with Crippen LogP contribution in [0.2, 0.25) is 5.02 Å². The maximum Gasteiger partial charge on any atom is 0.319 e. The number of carbonyl (C=O) groups is 1. The number of aromatic nitrogens is 3. The summed E-state index contributed by atoms with van der Waals surface area (Å²) in [5.41, 5.74) is 1.42. The van der Waals surface area contributed by atoms with Gasteiger partial charge in [-0.05, 0) is 43.2 Å².